The highest BCUT2D eigenvalue weighted by Gasteiger charge is 2.09. The van der Waals surface area contributed by atoms with E-state index in [0.29, 0.717) is 0 Å². The lowest BCUT2D eigenvalue weighted by Crippen LogP contribution is -2.32. The van der Waals surface area contributed by atoms with Crippen molar-refractivity contribution >= 4 is 5.91 Å². The lowest BCUT2D eigenvalue weighted by atomic mass is 10.1. The summed E-state index contributed by atoms with van der Waals surface area (Å²) in [5, 5.41) is 3.02. The van der Waals surface area contributed by atoms with Gasteiger partial charge in [-0.05, 0) is 26.1 Å². The SMILES string of the molecule is CNCCN(C)C(=O)c1ccc(C)cc1. The minimum absolute atomic E-state index is 0.0743. The van der Waals surface area contributed by atoms with Crippen LogP contribution >= 0.6 is 0 Å². The van der Waals surface area contributed by atoms with Crippen LogP contribution in [0.4, 0.5) is 0 Å². The van der Waals surface area contributed by atoms with E-state index < -0.39 is 0 Å². The number of hydrogen-bond donors (Lipinski definition) is 1. The molecule has 0 aliphatic carbocycles. The van der Waals surface area contributed by atoms with Crippen LogP contribution < -0.4 is 5.32 Å². The molecular formula is C12H18N2O. The molecule has 1 rings (SSSR count). The van der Waals surface area contributed by atoms with Gasteiger partial charge in [-0.3, -0.25) is 4.79 Å². The second-order valence-corrected chi connectivity index (χ2v) is 3.70. The Bertz CT molecular complexity index is 319. The summed E-state index contributed by atoms with van der Waals surface area (Å²) in [5.41, 5.74) is 1.92. The molecule has 3 heteroatoms. The fraction of sp³-hybridized carbons (Fsp3) is 0.417. The Hall–Kier alpha value is -1.35. The van der Waals surface area contributed by atoms with Crippen LogP contribution in [0.25, 0.3) is 0 Å². The van der Waals surface area contributed by atoms with Crippen molar-refractivity contribution < 1.29 is 4.79 Å². The number of nitrogens with zero attached hydrogens (tertiary/aromatic N) is 1. The Kier molecular flexibility index (Phi) is 4.31. The summed E-state index contributed by atoms with van der Waals surface area (Å²) in [6.45, 7) is 3.55. The molecule has 0 saturated carbocycles. The standard InChI is InChI=1S/C12H18N2O/c1-10-4-6-11(7-5-10)12(15)14(3)9-8-13-2/h4-7,13H,8-9H2,1-3H3. The summed E-state index contributed by atoms with van der Waals surface area (Å²) >= 11 is 0. The van der Waals surface area contributed by atoms with Crippen molar-refractivity contribution in [1.29, 1.82) is 0 Å². The number of carbonyl (C=O) groups excluding carboxylic acids is 1. The molecule has 0 atom stereocenters. The first-order valence-electron chi connectivity index (χ1n) is 5.12. The van der Waals surface area contributed by atoms with E-state index in [4.69, 9.17) is 0 Å². The van der Waals surface area contributed by atoms with Gasteiger partial charge >= 0.3 is 0 Å². The van der Waals surface area contributed by atoms with E-state index in [2.05, 4.69) is 5.32 Å². The van der Waals surface area contributed by atoms with Crippen LogP contribution in [-0.4, -0.2) is 38.0 Å². The van der Waals surface area contributed by atoms with Gasteiger partial charge in [0.1, 0.15) is 0 Å². The number of rotatable bonds is 4. The van der Waals surface area contributed by atoms with Gasteiger partial charge in [-0.2, -0.15) is 0 Å². The molecule has 0 unspecified atom stereocenters. The van der Waals surface area contributed by atoms with Crippen LogP contribution in [0.15, 0.2) is 24.3 Å². The monoisotopic (exact) mass is 206 g/mol. The molecule has 1 amide bonds. The highest BCUT2D eigenvalue weighted by molar-refractivity contribution is 5.94. The molecule has 1 aromatic carbocycles. The quantitative estimate of drug-likeness (QED) is 0.805. The fourth-order valence-corrected chi connectivity index (χ4v) is 1.30. The Morgan fingerprint density at radius 2 is 1.93 bits per heavy atom. The molecule has 3 nitrogen and oxygen atoms in total. The van der Waals surface area contributed by atoms with Crippen LogP contribution in [0.5, 0.6) is 0 Å². The Morgan fingerprint density at radius 1 is 1.33 bits per heavy atom. The second-order valence-electron chi connectivity index (χ2n) is 3.70. The average Bonchev–Trinajstić information content (AvgIpc) is 2.26. The number of carbonyl (C=O) groups is 1. The van der Waals surface area contributed by atoms with E-state index in [9.17, 15) is 4.79 Å². The van der Waals surface area contributed by atoms with Gasteiger partial charge in [0.2, 0.25) is 0 Å². The van der Waals surface area contributed by atoms with Gasteiger partial charge in [0.25, 0.3) is 5.91 Å². The van der Waals surface area contributed by atoms with Gasteiger partial charge in [0.15, 0.2) is 0 Å². The predicted molar refractivity (Wildman–Crippen MR) is 62.1 cm³/mol. The fourth-order valence-electron chi connectivity index (χ4n) is 1.30. The summed E-state index contributed by atoms with van der Waals surface area (Å²) in [6, 6.07) is 7.65. The molecule has 0 spiro atoms. The van der Waals surface area contributed by atoms with Crippen LogP contribution in [0.3, 0.4) is 0 Å². The molecule has 0 fully saturated rings. The first-order chi connectivity index (χ1) is 7.15. The molecule has 0 aliphatic rings. The van der Waals surface area contributed by atoms with Gasteiger partial charge in [-0.25, -0.2) is 0 Å². The largest absolute Gasteiger partial charge is 0.340 e. The molecule has 0 bridgehead atoms. The van der Waals surface area contributed by atoms with Crippen LogP contribution in [0, 0.1) is 6.92 Å². The Morgan fingerprint density at radius 3 is 2.47 bits per heavy atom. The van der Waals surface area contributed by atoms with E-state index in [-0.39, 0.29) is 5.91 Å². The third-order valence-corrected chi connectivity index (χ3v) is 2.34. The summed E-state index contributed by atoms with van der Waals surface area (Å²) in [4.78, 5) is 13.6. The molecule has 0 radical (unpaired) electrons. The minimum atomic E-state index is 0.0743. The summed E-state index contributed by atoms with van der Waals surface area (Å²) in [6.07, 6.45) is 0. The van der Waals surface area contributed by atoms with Crippen LogP contribution in [0.1, 0.15) is 15.9 Å². The van der Waals surface area contributed by atoms with E-state index in [1.54, 1.807) is 4.90 Å². The topological polar surface area (TPSA) is 32.3 Å². The van der Waals surface area contributed by atoms with Crippen molar-refractivity contribution in [2.45, 2.75) is 6.92 Å². The van der Waals surface area contributed by atoms with Crippen molar-refractivity contribution in [3.63, 3.8) is 0 Å². The number of nitrogens with one attached hydrogen (secondary N) is 1. The average molecular weight is 206 g/mol. The number of likely N-dealkylation sites (N-methyl/N-ethyl adjacent to an activating group) is 2. The number of aryl methyl sites for hydroxylation is 1. The van der Waals surface area contributed by atoms with Gasteiger partial charge in [-0.15, -0.1) is 0 Å². The van der Waals surface area contributed by atoms with Crippen LogP contribution in [-0.2, 0) is 0 Å². The summed E-state index contributed by atoms with van der Waals surface area (Å²) < 4.78 is 0. The van der Waals surface area contributed by atoms with Crippen molar-refractivity contribution in [1.82, 2.24) is 10.2 Å². The molecule has 0 saturated heterocycles. The summed E-state index contributed by atoms with van der Waals surface area (Å²) in [5.74, 6) is 0.0743. The Balaban J connectivity index is 2.63. The maximum absolute atomic E-state index is 11.9. The molecule has 15 heavy (non-hydrogen) atoms. The van der Waals surface area contributed by atoms with E-state index in [1.807, 2.05) is 45.3 Å². The number of benzene rings is 1. The highest BCUT2D eigenvalue weighted by Crippen LogP contribution is 2.05. The smallest absolute Gasteiger partial charge is 0.253 e. The second kappa shape index (κ2) is 5.51. The molecule has 0 aliphatic heterocycles. The minimum Gasteiger partial charge on any atom is -0.340 e. The van der Waals surface area contributed by atoms with Crippen molar-refractivity contribution in [3.05, 3.63) is 35.4 Å². The normalized spacial score (nSPS) is 10.1. The van der Waals surface area contributed by atoms with E-state index in [1.165, 1.54) is 5.56 Å². The molecule has 1 aromatic rings. The highest BCUT2D eigenvalue weighted by atomic mass is 16.2. The zero-order valence-electron chi connectivity index (χ0n) is 9.58. The zero-order chi connectivity index (χ0) is 11.3. The molecule has 0 aromatic heterocycles. The van der Waals surface area contributed by atoms with Gasteiger partial charge in [-0.1, -0.05) is 17.7 Å². The van der Waals surface area contributed by atoms with Crippen LogP contribution in [0.2, 0.25) is 0 Å². The first kappa shape index (κ1) is 11.7. The van der Waals surface area contributed by atoms with Gasteiger partial charge in [0, 0.05) is 25.7 Å². The third-order valence-electron chi connectivity index (χ3n) is 2.34. The predicted octanol–water partition coefficient (Wildman–Crippen LogP) is 1.29. The van der Waals surface area contributed by atoms with Gasteiger partial charge in [0.05, 0.1) is 0 Å². The van der Waals surface area contributed by atoms with E-state index >= 15 is 0 Å². The number of amides is 1. The van der Waals surface area contributed by atoms with Crippen molar-refractivity contribution in [2.75, 3.05) is 27.2 Å². The zero-order valence-corrected chi connectivity index (χ0v) is 9.58. The van der Waals surface area contributed by atoms with Crippen molar-refractivity contribution in [3.8, 4) is 0 Å². The lowest BCUT2D eigenvalue weighted by molar-refractivity contribution is 0.0797. The van der Waals surface area contributed by atoms with Crippen molar-refractivity contribution in [2.24, 2.45) is 0 Å². The molecule has 1 N–H and O–H groups in total. The maximum Gasteiger partial charge on any atom is 0.253 e. The molecule has 82 valence electrons. The molecular weight excluding hydrogens is 188 g/mol. The maximum atomic E-state index is 11.9. The number of hydrogen-bond acceptors (Lipinski definition) is 2. The first-order valence-corrected chi connectivity index (χ1v) is 5.12. The van der Waals surface area contributed by atoms with E-state index in [0.717, 1.165) is 18.7 Å². The Labute approximate surface area is 91.1 Å². The molecule has 0 heterocycles. The summed E-state index contributed by atoms with van der Waals surface area (Å²) in [7, 11) is 3.70. The van der Waals surface area contributed by atoms with Gasteiger partial charge < -0.3 is 10.2 Å². The lowest BCUT2D eigenvalue weighted by Gasteiger charge is -2.16. The third kappa shape index (κ3) is 3.36.